The lowest BCUT2D eigenvalue weighted by Crippen LogP contribution is -2.12. The van der Waals surface area contributed by atoms with Crippen LogP contribution in [0, 0.1) is 0 Å². The average Bonchev–Trinajstić information content (AvgIpc) is 2.16. The third-order valence-electron chi connectivity index (χ3n) is 2.14. The summed E-state index contributed by atoms with van der Waals surface area (Å²) in [7, 11) is 0. The molecular formula is C10H15NO3S. The van der Waals surface area contributed by atoms with Crippen LogP contribution in [0.15, 0.2) is 17.1 Å². The van der Waals surface area contributed by atoms with E-state index in [1.807, 2.05) is 0 Å². The van der Waals surface area contributed by atoms with E-state index in [2.05, 4.69) is 17.6 Å². The number of aromatic amines is 1. The molecule has 0 spiro atoms. The lowest BCUT2D eigenvalue weighted by molar-refractivity contribution is 0.183. The van der Waals surface area contributed by atoms with Crippen molar-refractivity contribution < 1.29 is 10.2 Å². The van der Waals surface area contributed by atoms with Crippen molar-refractivity contribution >= 4 is 12.6 Å². The molecule has 0 aromatic carbocycles. The number of H-pyrrole nitrogens is 1. The van der Waals surface area contributed by atoms with Crippen molar-refractivity contribution in [3.8, 4) is 0 Å². The Morgan fingerprint density at radius 1 is 1.60 bits per heavy atom. The molecule has 0 aliphatic heterocycles. The number of aliphatic hydroxyl groups is 2. The predicted octanol–water partition coefficient (Wildman–Crippen LogP) is 0.609. The highest BCUT2D eigenvalue weighted by Gasteiger charge is 2.13. The Hall–Kier alpha value is -0.780. The molecule has 15 heavy (non-hydrogen) atoms. The van der Waals surface area contributed by atoms with Gasteiger partial charge in [-0.1, -0.05) is 0 Å². The highest BCUT2D eigenvalue weighted by atomic mass is 32.1. The monoisotopic (exact) mass is 229 g/mol. The molecule has 1 rings (SSSR count). The minimum atomic E-state index is -0.467. The van der Waals surface area contributed by atoms with Crippen molar-refractivity contribution in [1.29, 1.82) is 0 Å². The molecule has 0 fully saturated rings. The Kier molecular flexibility index (Phi) is 4.38. The first-order valence-electron chi connectivity index (χ1n) is 4.73. The fraction of sp³-hybridized carbons (Fsp3) is 0.500. The van der Waals surface area contributed by atoms with Gasteiger partial charge in [-0.15, -0.1) is 0 Å². The summed E-state index contributed by atoms with van der Waals surface area (Å²) in [6.07, 6.45) is 1.54. The lowest BCUT2D eigenvalue weighted by atomic mass is 10.0. The molecule has 2 atom stereocenters. The molecule has 0 bridgehead atoms. The van der Waals surface area contributed by atoms with E-state index >= 15 is 0 Å². The van der Waals surface area contributed by atoms with Crippen LogP contribution in [-0.4, -0.2) is 21.3 Å². The minimum Gasteiger partial charge on any atom is -0.393 e. The van der Waals surface area contributed by atoms with Gasteiger partial charge in [-0.2, -0.15) is 12.6 Å². The molecule has 0 radical (unpaired) electrons. The fourth-order valence-electron chi connectivity index (χ4n) is 1.42. The number of hydrogen-bond donors (Lipinski definition) is 4. The summed E-state index contributed by atoms with van der Waals surface area (Å²) >= 11 is 4.32. The van der Waals surface area contributed by atoms with Crippen LogP contribution in [0.25, 0.3) is 0 Å². The summed E-state index contributed by atoms with van der Waals surface area (Å²) < 4.78 is 0. The zero-order chi connectivity index (χ0) is 11.4. The predicted molar refractivity (Wildman–Crippen MR) is 61.0 cm³/mol. The van der Waals surface area contributed by atoms with Crippen LogP contribution in [0.1, 0.15) is 29.7 Å². The Morgan fingerprint density at radius 2 is 2.27 bits per heavy atom. The summed E-state index contributed by atoms with van der Waals surface area (Å²) in [5, 5.41) is 18.1. The first-order chi connectivity index (χ1) is 7.04. The van der Waals surface area contributed by atoms with E-state index in [-0.39, 0.29) is 17.4 Å². The maximum Gasteiger partial charge on any atom is 0.248 e. The number of nitrogens with one attached hydrogen (secondary N) is 1. The van der Waals surface area contributed by atoms with Crippen molar-refractivity contribution in [1.82, 2.24) is 4.98 Å². The summed E-state index contributed by atoms with van der Waals surface area (Å²) in [6, 6.07) is 1.35. The number of aliphatic hydroxyl groups excluding tert-OH is 2. The molecule has 0 amide bonds. The van der Waals surface area contributed by atoms with Crippen LogP contribution in [0.5, 0.6) is 0 Å². The molecule has 1 heterocycles. The van der Waals surface area contributed by atoms with Gasteiger partial charge in [-0.25, -0.2) is 0 Å². The van der Waals surface area contributed by atoms with E-state index in [0.29, 0.717) is 12.0 Å². The smallest absolute Gasteiger partial charge is 0.248 e. The van der Waals surface area contributed by atoms with Gasteiger partial charge < -0.3 is 15.2 Å². The molecule has 0 aliphatic rings. The zero-order valence-electron chi connectivity index (χ0n) is 8.47. The third-order valence-corrected chi connectivity index (χ3v) is 2.63. The minimum absolute atomic E-state index is 0.191. The molecule has 4 nitrogen and oxygen atoms in total. The third kappa shape index (κ3) is 3.37. The summed E-state index contributed by atoms with van der Waals surface area (Å²) in [5.74, 6) is 0. The van der Waals surface area contributed by atoms with E-state index in [0.717, 1.165) is 5.56 Å². The Balaban J connectivity index is 2.97. The van der Waals surface area contributed by atoms with E-state index in [1.54, 1.807) is 6.92 Å². The quantitative estimate of drug-likeness (QED) is 0.572. The van der Waals surface area contributed by atoms with E-state index in [4.69, 9.17) is 5.11 Å². The average molecular weight is 229 g/mol. The van der Waals surface area contributed by atoms with Crippen LogP contribution in [0.2, 0.25) is 0 Å². The summed E-state index contributed by atoms with van der Waals surface area (Å²) in [4.78, 5) is 13.5. The van der Waals surface area contributed by atoms with Crippen LogP contribution < -0.4 is 5.56 Å². The van der Waals surface area contributed by atoms with Crippen LogP contribution in [-0.2, 0) is 6.61 Å². The summed E-state index contributed by atoms with van der Waals surface area (Å²) in [5.41, 5.74) is 1.06. The Morgan fingerprint density at radius 3 is 2.80 bits per heavy atom. The van der Waals surface area contributed by atoms with Crippen LogP contribution >= 0.6 is 12.6 Å². The zero-order valence-corrected chi connectivity index (χ0v) is 9.37. The van der Waals surface area contributed by atoms with Crippen molar-refractivity contribution in [3.63, 3.8) is 0 Å². The van der Waals surface area contributed by atoms with Gasteiger partial charge in [0, 0.05) is 17.5 Å². The second-order valence-corrected chi connectivity index (χ2v) is 4.16. The molecular weight excluding hydrogens is 214 g/mol. The first-order valence-corrected chi connectivity index (χ1v) is 5.24. The topological polar surface area (TPSA) is 73.3 Å². The van der Waals surface area contributed by atoms with Gasteiger partial charge in [0.1, 0.15) is 0 Å². The maximum absolute atomic E-state index is 11.0. The maximum atomic E-state index is 11.0. The molecule has 2 unspecified atom stereocenters. The van der Waals surface area contributed by atoms with Gasteiger partial charge >= 0.3 is 0 Å². The van der Waals surface area contributed by atoms with Crippen LogP contribution in [0.3, 0.4) is 0 Å². The molecule has 0 saturated heterocycles. The van der Waals surface area contributed by atoms with E-state index < -0.39 is 6.10 Å². The molecule has 5 heteroatoms. The number of hydrogen-bond acceptors (Lipinski definition) is 4. The molecule has 0 aliphatic carbocycles. The number of rotatable bonds is 4. The molecule has 3 N–H and O–H groups in total. The second-order valence-electron chi connectivity index (χ2n) is 3.54. The first kappa shape index (κ1) is 12.3. The number of thiol groups is 1. The molecule has 84 valence electrons. The lowest BCUT2D eigenvalue weighted by Gasteiger charge is -2.15. The van der Waals surface area contributed by atoms with Crippen molar-refractivity contribution in [3.05, 3.63) is 33.7 Å². The molecule has 0 saturated carbocycles. The van der Waals surface area contributed by atoms with Gasteiger partial charge in [0.2, 0.25) is 5.56 Å². The molecule has 1 aromatic rings. The number of aromatic nitrogens is 1. The van der Waals surface area contributed by atoms with E-state index in [1.165, 1.54) is 12.3 Å². The second kappa shape index (κ2) is 5.34. The Bertz CT molecular complexity index is 375. The Labute approximate surface area is 93.4 Å². The van der Waals surface area contributed by atoms with Gasteiger partial charge in [-0.3, -0.25) is 4.79 Å². The summed E-state index contributed by atoms with van der Waals surface area (Å²) in [6.45, 7) is 1.48. The standard InChI is InChI=1S/C10H15NO3S/c1-6(13)2-9(15)8-4-11-10(14)3-7(8)5-12/h3-4,6,9,12-13,15H,2,5H2,1H3,(H,11,14). The fourth-order valence-corrected chi connectivity index (χ4v) is 1.97. The van der Waals surface area contributed by atoms with Gasteiger partial charge in [0.05, 0.1) is 12.7 Å². The van der Waals surface area contributed by atoms with Gasteiger partial charge in [0.25, 0.3) is 0 Å². The number of pyridine rings is 1. The highest BCUT2D eigenvalue weighted by molar-refractivity contribution is 7.80. The largest absolute Gasteiger partial charge is 0.393 e. The van der Waals surface area contributed by atoms with Crippen molar-refractivity contribution in [2.75, 3.05) is 0 Å². The van der Waals surface area contributed by atoms with Crippen molar-refractivity contribution in [2.24, 2.45) is 0 Å². The normalized spacial score (nSPS) is 14.9. The SMILES string of the molecule is CC(O)CC(S)c1c[nH]c(=O)cc1CO. The van der Waals surface area contributed by atoms with Gasteiger partial charge in [0.15, 0.2) is 0 Å². The van der Waals surface area contributed by atoms with Gasteiger partial charge in [-0.05, 0) is 24.5 Å². The van der Waals surface area contributed by atoms with Crippen LogP contribution in [0.4, 0.5) is 0 Å². The van der Waals surface area contributed by atoms with Crippen molar-refractivity contribution in [2.45, 2.75) is 31.3 Å². The molecule has 1 aromatic heterocycles. The van der Waals surface area contributed by atoms with E-state index in [9.17, 15) is 9.90 Å². The highest BCUT2D eigenvalue weighted by Crippen LogP contribution is 2.26.